The Balaban J connectivity index is 1.76. The molecule has 0 saturated carbocycles. The normalized spacial score (nSPS) is 10.5. The minimum atomic E-state index is -0.220. The first kappa shape index (κ1) is 17.6. The molecule has 0 radical (unpaired) electrons. The number of rotatable bonds is 4. The van der Waals surface area contributed by atoms with E-state index in [1.165, 1.54) is 0 Å². The Morgan fingerprint density at radius 2 is 1.21 bits per heavy atom. The summed E-state index contributed by atoms with van der Waals surface area (Å²) in [6.45, 7) is 1.91. The summed E-state index contributed by atoms with van der Waals surface area (Å²) in [5.74, 6) is 0.0655. The van der Waals surface area contributed by atoms with Gasteiger partial charge in [-0.1, -0.05) is 78.9 Å². The van der Waals surface area contributed by atoms with Crippen LogP contribution in [0.1, 0.15) is 15.9 Å². The van der Waals surface area contributed by atoms with Crippen LogP contribution in [0.5, 0.6) is 0 Å². The molecule has 4 nitrogen and oxygen atoms in total. The molecule has 0 aliphatic rings. The van der Waals surface area contributed by atoms with E-state index in [4.69, 9.17) is 0 Å². The molecule has 4 heteroatoms. The Morgan fingerprint density at radius 1 is 0.714 bits per heavy atom. The lowest BCUT2D eigenvalue weighted by molar-refractivity contribution is 0.102. The molecule has 28 heavy (non-hydrogen) atoms. The van der Waals surface area contributed by atoms with Crippen LogP contribution in [0.4, 0.5) is 5.95 Å². The number of benzene rings is 3. The number of nitrogens with zero attached hydrogens (tertiary/aromatic N) is 2. The molecule has 0 aliphatic carbocycles. The largest absolute Gasteiger partial charge is 0.290 e. The van der Waals surface area contributed by atoms with Crippen LogP contribution in [-0.4, -0.2) is 15.9 Å². The van der Waals surface area contributed by atoms with Gasteiger partial charge in [-0.3, -0.25) is 10.1 Å². The second-order valence-electron chi connectivity index (χ2n) is 6.46. The van der Waals surface area contributed by atoms with Crippen molar-refractivity contribution in [3.8, 4) is 22.5 Å². The highest BCUT2D eigenvalue weighted by molar-refractivity contribution is 6.04. The van der Waals surface area contributed by atoms with Gasteiger partial charge in [-0.2, -0.15) is 0 Å². The standard InChI is InChI=1S/C24H19N3O/c1-17-10-8-9-15-20(17)23(28)27-24-25-21(18-11-4-2-5-12-18)16-22(26-24)19-13-6-3-7-14-19/h2-16H,1H3,(H,25,26,27,28). The Kier molecular flexibility index (Phi) is 4.93. The highest BCUT2D eigenvalue weighted by Gasteiger charge is 2.13. The molecule has 0 atom stereocenters. The van der Waals surface area contributed by atoms with E-state index < -0.39 is 0 Å². The molecule has 4 aromatic rings. The average molecular weight is 365 g/mol. The molecule has 3 aromatic carbocycles. The molecule has 0 aliphatic heterocycles. The molecule has 136 valence electrons. The first-order valence-corrected chi connectivity index (χ1v) is 9.07. The fourth-order valence-corrected chi connectivity index (χ4v) is 3.01. The first-order valence-electron chi connectivity index (χ1n) is 9.07. The Labute approximate surface area is 163 Å². The van der Waals surface area contributed by atoms with Gasteiger partial charge in [-0.15, -0.1) is 0 Å². The second-order valence-corrected chi connectivity index (χ2v) is 6.46. The molecule has 0 fully saturated rings. The quantitative estimate of drug-likeness (QED) is 0.529. The van der Waals surface area contributed by atoms with Gasteiger partial charge in [0.15, 0.2) is 0 Å². The summed E-state index contributed by atoms with van der Waals surface area (Å²) in [5, 5.41) is 2.86. The predicted octanol–water partition coefficient (Wildman–Crippen LogP) is 5.37. The molecule has 0 bridgehead atoms. The summed E-state index contributed by atoms with van der Waals surface area (Å²) in [7, 11) is 0. The molecule has 1 N–H and O–H groups in total. The topological polar surface area (TPSA) is 54.9 Å². The third-order valence-corrected chi connectivity index (χ3v) is 4.48. The lowest BCUT2D eigenvalue weighted by Crippen LogP contribution is -2.16. The number of amides is 1. The van der Waals surface area contributed by atoms with Crippen molar-refractivity contribution in [1.29, 1.82) is 0 Å². The number of aromatic nitrogens is 2. The zero-order valence-corrected chi connectivity index (χ0v) is 15.5. The predicted molar refractivity (Wildman–Crippen MR) is 112 cm³/mol. The summed E-state index contributed by atoms with van der Waals surface area (Å²) in [6.07, 6.45) is 0. The van der Waals surface area contributed by atoms with E-state index in [1.807, 2.05) is 91.9 Å². The van der Waals surface area contributed by atoms with Crippen LogP contribution in [0.3, 0.4) is 0 Å². The van der Waals surface area contributed by atoms with Gasteiger partial charge in [0.1, 0.15) is 0 Å². The van der Waals surface area contributed by atoms with Gasteiger partial charge in [-0.25, -0.2) is 9.97 Å². The SMILES string of the molecule is Cc1ccccc1C(=O)Nc1nc(-c2ccccc2)cc(-c2ccccc2)n1. The van der Waals surface area contributed by atoms with Gasteiger partial charge >= 0.3 is 0 Å². The first-order chi connectivity index (χ1) is 13.7. The highest BCUT2D eigenvalue weighted by Crippen LogP contribution is 2.25. The number of carbonyl (C=O) groups is 1. The van der Waals surface area contributed by atoms with E-state index in [0.717, 1.165) is 28.1 Å². The van der Waals surface area contributed by atoms with Crippen molar-refractivity contribution in [2.24, 2.45) is 0 Å². The highest BCUT2D eigenvalue weighted by atomic mass is 16.1. The second kappa shape index (κ2) is 7.84. The molecule has 0 spiro atoms. The van der Waals surface area contributed by atoms with Crippen LogP contribution in [0.2, 0.25) is 0 Å². The summed E-state index contributed by atoms with van der Waals surface area (Å²) in [4.78, 5) is 21.9. The number of hydrogen-bond acceptors (Lipinski definition) is 3. The summed E-state index contributed by atoms with van der Waals surface area (Å²) < 4.78 is 0. The van der Waals surface area contributed by atoms with Crippen LogP contribution < -0.4 is 5.32 Å². The number of carbonyl (C=O) groups excluding carboxylic acids is 1. The Bertz CT molecular complexity index is 1050. The Hall–Kier alpha value is -3.79. The molecule has 0 saturated heterocycles. The fraction of sp³-hybridized carbons (Fsp3) is 0.0417. The van der Waals surface area contributed by atoms with Crippen molar-refractivity contribution in [3.63, 3.8) is 0 Å². The van der Waals surface area contributed by atoms with Crippen molar-refractivity contribution < 1.29 is 4.79 Å². The van der Waals surface area contributed by atoms with Crippen molar-refractivity contribution in [2.45, 2.75) is 6.92 Å². The Morgan fingerprint density at radius 3 is 1.75 bits per heavy atom. The number of hydrogen-bond donors (Lipinski definition) is 1. The van der Waals surface area contributed by atoms with Gasteiger partial charge in [0.05, 0.1) is 11.4 Å². The van der Waals surface area contributed by atoms with Crippen LogP contribution in [0.15, 0.2) is 91.0 Å². The number of anilines is 1. The summed E-state index contributed by atoms with van der Waals surface area (Å²) >= 11 is 0. The van der Waals surface area contributed by atoms with E-state index >= 15 is 0 Å². The molecule has 1 heterocycles. The van der Waals surface area contributed by atoms with Crippen molar-refractivity contribution >= 4 is 11.9 Å². The van der Waals surface area contributed by atoms with Gasteiger partial charge in [0, 0.05) is 16.7 Å². The van der Waals surface area contributed by atoms with Gasteiger partial charge in [0.25, 0.3) is 5.91 Å². The monoisotopic (exact) mass is 365 g/mol. The summed E-state index contributed by atoms with van der Waals surface area (Å²) in [6, 6.07) is 29.1. The van der Waals surface area contributed by atoms with Crippen molar-refractivity contribution in [3.05, 3.63) is 102 Å². The zero-order chi connectivity index (χ0) is 19.3. The number of aryl methyl sites for hydroxylation is 1. The van der Waals surface area contributed by atoms with E-state index in [-0.39, 0.29) is 11.9 Å². The van der Waals surface area contributed by atoms with Crippen LogP contribution in [-0.2, 0) is 0 Å². The minimum Gasteiger partial charge on any atom is -0.290 e. The average Bonchev–Trinajstić information content (AvgIpc) is 2.75. The maximum atomic E-state index is 12.7. The zero-order valence-electron chi connectivity index (χ0n) is 15.5. The minimum absolute atomic E-state index is 0.220. The molecular weight excluding hydrogens is 346 g/mol. The van der Waals surface area contributed by atoms with E-state index in [9.17, 15) is 4.79 Å². The van der Waals surface area contributed by atoms with Gasteiger partial charge in [-0.05, 0) is 24.6 Å². The lowest BCUT2D eigenvalue weighted by atomic mass is 10.1. The number of nitrogens with one attached hydrogen (secondary N) is 1. The fourth-order valence-electron chi connectivity index (χ4n) is 3.01. The third-order valence-electron chi connectivity index (χ3n) is 4.48. The van der Waals surface area contributed by atoms with Crippen LogP contribution in [0, 0.1) is 6.92 Å². The van der Waals surface area contributed by atoms with E-state index in [1.54, 1.807) is 6.07 Å². The molecular formula is C24H19N3O. The smallest absolute Gasteiger partial charge is 0.258 e. The molecule has 4 rings (SSSR count). The van der Waals surface area contributed by atoms with E-state index in [0.29, 0.717) is 5.56 Å². The lowest BCUT2D eigenvalue weighted by Gasteiger charge is -2.10. The molecule has 1 aromatic heterocycles. The third kappa shape index (κ3) is 3.81. The maximum Gasteiger partial charge on any atom is 0.258 e. The van der Waals surface area contributed by atoms with Gasteiger partial charge in [0.2, 0.25) is 5.95 Å². The van der Waals surface area contributed by atoms with Crippen LogP contribution >= 0.6 is 0 Å². The van der Waals surface area contributed by atoms with Gasteiger partial charge < -0.3 is 0 Å². The van der Waals surface area contributed by atoms with E-state index in [2.05, 4.69) is 15.3 Å². The molecule has 0 unspecified atom stereocenters. The molecule has 1 amide bonds. The maximum absolute atomic E-state index is 12.7. The van der Waals surface area contributed by atoms with Crippen molar-refractivity contribution in [1.82, 2.24) is 9.97 Å². The van der Waals surface area contributed by atoms with Crippen molar-refractivity contribution in [2.75, 3.05) is 5.32 Å². The van der Waals surface area contributed by atoms with Crippen LogP contribution in [0.25, 0.3) is 22.5 Å². The summed E-state index contributed by atoms with van der Waals surface area (Å²) in [5.41, 5.74) is 4.96.